The molecular weight excluding hydrogens is 244 g/mol. The third-order valence-electron chi connectivity index (χ3n) is 3.10. The topological polar surface area (TPSA) is 69.6 Å². The molecule has 2 amide bonds. The van der Waals surface area contributed by atoms with Gasteiger partial charge in [0.1, 0.15) is 0 Å². The van der Waals surface area contributed by atoms with Crippen molar-refractivity contribution < 1.29 is 14.7 Å². The summed E-state index contributed by atoms with van der Waals surface area (Å²) in [6.45, 7) is 1.36. The van der Waals surface area contributed by atoms with Gasteiger partial charge < -0.3 is 5.11 Å². The van der Waals surface area contributed by atoms with Gasteiger partial charge in [0.2, 0.25) is 11.8 Å². The number of likely N-dealkylation sites (tertiary alicyclic amines) is 1. The lowest BCUT2D eigenvalue weighted by molar-refractivity contribution is -0.130. The van der Waals surface area contributed by atoms with Gasteiger partial charge in [0.05, 0.1) is 19.1 Å². The third-order valence-corrected chi connectivity index (χ3v) is 3.10. The van der Waals surface area contributed by atoms with Gasteiger partial charge in [-0.05, 0) is 12.0 Å². The van der Waals surface area contributed by atoms with Crippen LogP contribution in [-0.4, -0.2) is 47.6 Å². The van der Waals surface area contributed by atoms with E-state index in [9.17, 15) is 14.7 Å². The molecule has 0 saturated carbocycles. The number of imide groups is 1. The number of β-amino-alcohol motifs (C(OH)–C–C–N with tert-alkyl or cyclic N) is 1. The summed E-state index contributed by atoms with van der Waals surface area (Å²) >= 11 is 0. The molecule has 1 aromatic carbocycles. The normalized spacial score (nSPS) is 19.3. The van der Waals surface area contributed by atoms with E-state index in [-0.39, 0.29) is 30.9 Å². The Morgan fingerprint density at radius 2 is 2.00 bits per heavy atom. The number of hydrogen-bond donors (Lipinski definition) is 2. The number of rotatable bonds is 4. The fraction of sp³-hybridized carbons (Fsp3) is 0.429. The predicted octanol–water partition coefficient (Wildman–Crippen LogP) is -0.0615. The van der Waals surface area contributed by atoms with Gasteiger partial charge in [-0.15, -0.1) is 0 Å². The van der Waals surface area contributed by atoms with Gasteiger partial charge in [0.25, 0.3) is 0 Å². The highest BCUT2D eigenvalue weighted by Gasteiger charge is 2.22. The van der Waals surface area contributed by atoms with Crippen LogP contribution in [0.25, 0.3) is 0 Å². The van der Waals surface area contributed by atoms with Crippen LogP contribution in [0.3, 0.4) is 0 Å². The molecule has 1 heterocycles. The van der Waals surface area contributed by atoms with Crippen molar-refractivity contribution >= 4 is 11.8 Å². The van der Waals surface area contributed by atoms with Crippen molar-refractivity contribution in [2.75, 3.05) is 19.6 Å². The van der Waals surface area contributed by atoms with Crippen LogP contribution in [0.2, 0.25) is 0 Å². The van der Waals surface area contributed by atoms with Crippen LogP contribution in [0, 0.1) is 0 Å². The monoisotopic (exact) mass is 262 g/mol. The van der Waals surface area contributed by atoms with E-state index in [0.29, 0.717) is 19.5 Å². The molecule has 1 saturated heterocycles. The van der Waals surface area contributed by atoms with Gasteiger partial charge in [0.15, 0.2) is 0 Å². The van der Waals surface area contributed by atoms with E-state index in [1.165, 1.54) is 0 Å². The minimum atomic E-state index is -0.354. The average Bonchev–Trinajstić information content (AvgIpc) is 2.75. The molecule has 2 N–H and O–H groups in total. The maximum absolute atomic E-state index is 11.7. The molecule has 0 bridgehead atoms. The molecule has 19 heavy (non-hydrogen) atoms. The highest BCUT2D eigenvalue weighted by atomic mass is 16.3. The zero-order chi connectivity index (χ0) is 13.7. The molecule has 1 aliphatic rings. The van der Waals surface area contributed by atoms with E-state index in [2.05, 4.69) is 5.32 Å². The van der Waals surface area contributed by atoms with Crippen LogP contribution in [0.1, 0.15) is 12.0 Å². The fourth-order valence-corrected chi connectivity index (χ4v) is 2.18. The van der Waals surface area contributed by atoms with E-state index < -0.39 is 0 Å². The molecule has 102 valence electrons. The van der Waals surface area contributed by atoms with E-state index in [1.54, 1.807) is 0 Å². The molecular formula is C14H18N2O3. The number of aliphatic hydroxyl groups excluding tert-OH is 1. The van der Waals surface area contributed by atoms with E-state index >= 15 is 0 Å². The van der Waals surface area contributed by atoms with Gasteiger partial charge in [-0.25, -0.2) is 0 Å². The SMILES string of the molecule is O=C(Cc1ccccc1)NC(=O)CN1CCC(O)C1. The minimum Gasteiger partial charge on any atom is -0.392 e. The first-order valence-corrected chi connectivity index (χ1v) is 6.40. The molecule has 1 aromatic rings. The molecule has 1 fully saturated rings. The molecule has 1 unspecified atom stereocenters. The van der Waals surface area contributed by atoms with Crippen LogP contribution in [0.5, 0.6) is 0 Å². The van der Waals surface area contributed by atoms with Gasteiger partial charge in [-0.3, -0.25) is 19.8 Å². The van der Waals surface area contributed by atoms with Crippen LogP contribution < -0.4 is 5.32 Å². The number of carbonyl (C=O) groups excluding carboxylic acids is 2. The Bertz CT molecular complexity index is 447. The van der Waals surface area contributed by atoms with E-state index in [0.717, 1.165) is 5.56 Å². The highest BCUT2D eigenvalue weighted by molar-refractivity contribution is 5.96. The van der Waals surface area contributed by atoms with Gasteiger partial charge in [-0.2, -0.15) is 0 Å². The maximum Gasteiger partial charge on any atom is 0.240 e. The summed E-state index contributed by atoms with van der Waals surface area (Å²) in [4.78, 5) is 25.2. The fourth-order valence-electron chi connectivity index (χ4n) is 2.18. The number of benzene rings is 1. The molecule has 0 aromatic heterocycles. The van der Waals surface area contributed by atoms with Crippen LogP contribution in [0.4, 0.5) is 0 Å². The van der Waals surface area contributed by atoms with Gasteiger partial charge in [0, 0.05) is 13.1 Å². The Kier molecular flexibility index (Phi) is 4.65. The second kappa shape index (κ2) is 6.45. The van der Waals surface area contributed by atoms with E-state index in [4.69, 9.17) is 0 Å². The standard InChI is InChI=1S/C14H18N2O3/c17-12-6-7-16(9-12)10-14(19)15-13(18)8-11-4-2-1-3-5-11/h1-5,12,17H,6-10H2,(H,15,18,19). The number of hydrogen-bond acceptors (Lipinski definition) is 4. The number of nitrogens with zero attached hydrogens (tertiary/aromatic N) is 1. The number of aliphatic hydroxyl groups is 1. The number of carbonyl (C=O) groups is 2. The predicted molar refractivity (Wildman–Crippen MR) is 70.4 cm³/mol. The summed E-state index contributed by atoms with van der Waals surface area (Å²) in [6.07, 6.45) is 0.535. The minimum absolute atomic E-state index is 0.164. The van der Waals surface area contributed by atoms with Gasteiger partial charge in [-0.1, -0.05) is 30.3 Å². The molecule has 1 aliphatic heterocycles. The Morgan fingerprint density at radius 1 is 1.26 bits per heavy atom. The largest absolute Gasteiger partial charge is 0.392 e. The van der Waals surface area contributed by atoms with Crippen molar-refractivity contribution in [2.45, 2.75) is 18.9 Å². The molecule has 0 aliphatic carbocycles. The Morgan fingerprint density at radius 3 is 2.63 bits per heavy atom. The molecule has 1 atom stereocenters. The van der Waals surface area contributed by atoms with Crippen molar-refractivity contribution in [3.8, 4) is 0 Å². The smallest absolute Gasteiger partial charge is 0.240 e. The molecule has 0 radical (unpaired) electrons. The summed E-state index contributed by atoms with van der Waals surface area (Å²) in [5.41, 5.74) is 0.879. The molecule has 0 spiro atoms. The number of nitrogens with one attached hydrogen (secondary N) is 1. The quantitative estimate of drug-likeness (QED) is 0.797. The van der Waals surface area contributed by atoms with Crippen molar-refractivity contribution in [2.24, 2.45) is 0 Å². The Hall–Kier alpha value is -1.72. The lowest BCUT2D eigenvalue weighted by atomic mass is 10.1. The summed E-state index contributed by atoms with van der Waals surface area (Å²) in [5, 5.41) is 11.7. The average molecular weight is 262 g/mol. The lowest BCUT2D eigenvalue weighted by Gasteiger charge is -2.13. The number of amides is 2. The summed E-state index contributed by atoms with van der Waals surface area (Å²) in [6, 6.07) is 9.29. The molecule has 2 rings (SSSR count). The first-order valence-electron chi connectivity index (χ1n) is 6.40. The maximum atomic E-state index is 11.7. The summed E-state index contributed by atoms with van der Waals surface area (Å²) < 4.78 is 0. The highest BCUT2D eigenvalue weighted by Crippen LogP contribution is 2.07. The second-order valence-electron chi connectivity index (χ2n) is 4.81. The first-order chi connectivity index (χ1) is 9.13. The Balaban J connectivity index is 1.74. The van der Waals surface area contributed by atoms with Crippen LogP contribution in [-0.2, 0) is 16.0 Å². The summed E-state index contributed by atoms with van der Waals surface area (Å²) in [5.74, 6) is -0.606. The van der Waals surface area contributed by atoms with Crippen molar-refractivity contribution in [1.82, 2.24) is 10.2 Å². The zero-order valence-corrected chi connectivity index (χ0v) is 10.7. The van der Waals surface area contributed by atoms with Crippen LogP contribution in [0.15, 0.2) is 30.3 Å². The van der Waals surface area contributed by atoms with Crippen LogP contribution >= 0.6 is 0 Å². The molecule has 5 heteroatoms. The van der Waals surface area contributed by atoms with Crippen molar-refractivity contribution in [1.29, 1.82) is 0 Å². The summed E-state index contributed by atoms with van der Waals surface area (Å²) in [7, 11) is 0. The molecule has 5 nitrogen and oxygen atoms in total. The lowest BCUT2D eigenvalue weighted by Crippen LogP contribution is -2.40. The van der Waals surface area contributed by atoms with Crippen molar-refractivity contribution in [3.05, 3.63) is 35.9 Å². The third kappa shape index (κ3) is 4.46. The van der Waals surface area contributed by atoms with Crippen molar-refractivity contribution in [3.63, 3.8) is 0 Å². The zero-order valence-electron chi connectivity index (χ0n) is 10.7. The van der Waals surface area contributed by atoms with E-state index in [1.807, 2.05) is 35.2 Å². The van der Waals surface area contributed by atoms with Gasteiger partial charge >= 0.3 is 0 Å². The Labute approximate surface area is 112 Å². The first kappa shape index (κ1) is 13.7. The second-order valence-corrected chi connectivity index (χ2v) is 4.81.